The molecule has 1 aliphatic carbocycles. The molecule has 0 amide bonds. The molecule has 0 saturated heterocycles. The van der Waals surface area contributed by atoms with Crippen molar-refractivity contribution in [1.82, 2.24) is 10.0 Å². The Hall–Kier alpha value is -0.130. The van der Waals surface area contributed by atoms with E-state index in [0.29, 0.717) is 6.54 Å². The molecule has 0 heterocycles. The zero-order valence-corrected chi connectivity index (χ0v) is 8.37. The van der Waals surface area contributed by atoms with Crippen LogP contribution in [-0.2, 0) is 10.0 Å². The fourth-order valence-corrected chi connectivity index (χ4v) is 1.82. The van der Waals surface area contributed by atoms with Crippen molar-refractivity contribution in [1.29, 1.82) is 0 Å². The van der Waals surface area contributed by atoms with Gasteiger partial charge >= 0.3 is 0 Å². The fraction of sp³-hybridized carbons (Fsp3) is 1.00. The van der Waals surface area contributed by atoms with E-state index in [9.17, 15) is 8.42 Å². The van der Waals surface area contributed by atoms with E-state index in [1.165, 1.54) is 6.26 Å². The van der Waals surface area contributed by atoms with Gasteiger partial charge < -0.3 is 5.32 Å². The van der Waals surface area contributed by atoms with Crippen molar-refractivity contribution in [2.45, 2.75) is 12.8 Å². The molecule has 0 bridgehead atoms. The summed E-state index contributed by atoms with van der Waals surface area (Å²) in [5.74, 6) is 0. The van der Waals surface area contributed by atoms with Crippen LogP contribution in [0.5, 0.6) is 0 Å². The van der Waals surface area contributed by atoms with Crippen LogP contribution in [0.1, 0.15) is 12.8 Å². The molecule has 1 saturated carbocycles. The highest BCUT2D eigenvalue weighted by molar-refractivity contribution is 7.88. The topological polar surface area (TPSA) is 58.2 Å². The number of nitrogens with one attached hydrogen (secondary N) is 2. The zero-order valence-electron chi connectivity index (χ0n) is 7.55. The summed E-state index contributed by atoms with van der Waals surface area (Å²) >= 11 is 0. The molecule has 1 fully saturated rings. The van der Waals surface area contributed by atoms with Crippen LogP contribution in [0.3, 0.4) is 0 Å². The second kappa shape index (κ2) is 3.32. The summed E-state index contributed by atoms with van der Waals surface area (Å²) in [6.45, 7) is 1.47. The Kier molecular flexibility index (Phi) is 2.75. The number of sulfonamides is 1. The highest BCUT2D eigenvalue weighted by Crippen LogP contribution is 2.44. The van der Waals surface area contributed by atoms with E-state index in [1.54, 1.807) is 0 Å². The molecule has 0 aromatic heterocycles. The van der Waals surface area contributed by atoms with Crippen molar-refractivity contribution in [2.24, 2.45) is 5.41 Å². The van der Waals surface area contributed by atoms with Gasteiger partial charge in [-0.15, -0.1) is 0 Å². The van der Waals surface area contributed by atoms with Crippen LogP contribution in [-0.4, -0.2) is 34.8 Å². The molecule has 1 aliphatic rings. The Labute approximate surface area is 73.8 Å². The van der Waals surface area contributed by atoms with Crippen LogP contribution in [0.25, 0.3) is 0 Å². The standard InChI is InChI=1S/C7H16N2O2S/c1-8-5-7(3-4-7)6-9-12(2,10)11/h8-9H,3-6H2,1-2H3. The fourth-order valence-electron chi connectivity index (χ4n) is 1.25. The van der Waals surface area contributed by atoms with E-state index in [4.69, 9.17) is 0 Å². The molecule has 0 aromatic rings. The summed E-state index contributed by atoms with van der Waals surface area (Å²) in [6, 6.07) is 0. The first-order valence-corrected chi connectivity index (χ1v) is 5.96. The average molecular weight is 192 g/mol. The van der Waals surface area contributed by atoms with Gasteiger partial charge in [0.1, 0.15) is 0 Å². The molecule has 12 heavy (non-hydrogen) atoms. The normalized spacial score (nSPS) is 20.8. The van der Waals surface area contributed by atoms with Gasteiger partial charge in [-0.25, -0.2) is 13.1 Å². The lowest BCUT2D eigenvalue weighted by Gasteiger charge is -2.13. The summed E-state index contributed by atoms with van der Waals surface area (Å²) in [6.07, 6.45) is 3.44. The Morgan fingerprint density at radius 3 is 2.25 bits per heavy atom. The SMILES string of the molecule is CNCC1(CNS(C)(=O)=O)CC1. The average Bonchev–Trinajstić information content (AvgIpc) is 2.65. The van der Waals surface area contributed by atoms with E-state index >= 15 is 0 Å². The van der Waals surface area contributed by atoms with Gasteiger partial charge in [0, 0.05) is 13.1 Å². The first-order valence-electron chi connectivity index (χ1n) is 4.07. The van der Waals surface area contributed by atoms with Gasteiger partial charge in [0.25, 0.3) is 0 Å². The van der Waals surface area contributed by atoms with Crippen LogP contribution in [0.15, 0.2) is 0 Å². The van der Waals surface area contributed by atoms with Crippen LogP contribution in [0, 0.1) is 5.41 Å². The molecule has 0 aliphatic heterocycles. The molecular weight excluding hydrogens is 176 g/mol. The van der Waals surface area contributed by atoms with Crippen LogP contribution < -0.4 is 10.0 Å². The van der Waals surface area contributed by atoms with E-state index in [0.717, 1.165) is 19.4 Å². The Balaban J connectivity index is 2.32. The molecule has 2 N–H and O–H groups in total. The molecule has 0 radical (unpaired) electrons. The third kappa shape index (κ3) is 3.08. The second-order valence-electron chi connectivity index (χ2n) is 3.62. The highest BCUT2D eigenvalue weighted by Gasteiger charge is 2.41. The minimum Gasteiger partial charge on any atom is -0.319 e. The molecule has 0 aromatic carbocycles. The molecule has 0 unspecified atom stereocenters. The van der Waals surface area contributed by atoms with Gasteiger partial charge in [0.15, 0.2) is 0 Å². The summed E-state index contributed by atoms with van der Waals surface area (Å²) in [4.78, 5) is 0. The summed E-state index contributed by atoms with van der Waals surface area (Å²) in [7, 11) is -1.12. The predicted molar refractivity (Wildman–Crippen MR) is 48.4 cm³/mol. The molecule has 0 spiro atoms. The van der Waals surface area contributed by atoms with E-state index < -0.39 is 10.0 Å². The number of hydrogen-bond donors (Lipinski definition) is 2. The lowest BCUT2D eigenvalue weighted by Crippen LogP contribution is -2.34. The minimum atomic E-state index is -3.01. The number of rotatable bonds is 5. The maximum atomic E-state index is 10.8. The highest BCUT2D eigenvalue weighted by atomic mass is 32.2. The number of hydrogen-bond acceptors (Lipinski definition) is 3. The van der Waals surface area contributed by atoms with Gasteiger partial charge in [-0.1, -0.05) is 0 Å². The largest absolute Gasteiger partial charge is 0.319 e. The van der Waals surface area contributed by atoms with Crippen LogP contribution >= 0.6 is 0 Å². The van der Waals surface area contributed by atoms with Gasteiger partial charge in [0.05, 0.1) is 6.26 Å². The van der Waals surface area contributed by atoms with Crippen molar-refractivity contribution < 1.29 is 8.42 Å². The van der Waals surface area contributed by atoms with Crippen molar-refractivity contribution in [3.63, 3.8) is 0 Å². The second-order valence-corrected chi connectivity index (χ2v) is 5.46. The third-order valence-electron chi connectivity index (χ3n) is 2.22. The molecule has 1 rings (SSSR count). The predicted octanol–water partition coefficient (Wildman–Crippen LogP) is -0.465. The molecule has 5 heteroatoms. The Morgan fingerprint density at radius 2 is 1.92 bits per heavy atom. The minimum absolute atomic E-state index is 0.206. The molecular formula is C7H16N2O2S. The lowest BCUT2D eigenvalue weighted by molar-refractivity contribution is 0.469. The van der Waals surface area contributed by atoms with E-state index in [1.807, 2.05) is 7.05 Å². The summed E-state index contributed by atoms with van der Waals surface area (Å²) in [5, 5.41) is 3.07. The van der Waals surface area contributed by atoms with Gasteiger partial charge in [-0.3, -0.25) is 0 Å². The quantitative estimate of drug-likeness (QED) is 0.619. The summed E-state index contributed by atoms with van der Waals surface area (Å²) < 4.78 is 24.1. The van der Waals surface area contributed by atoms with Gasteiger partial charge in [-0.2, -0.15) is 0 Å². The van der Waals surface area contributed by atoms with Crippen LogP contribution in [0.4, 0.5) is 0 Å². The Bertz CT molecular complexity index is 244. The van der Waals surface area contributed by atoms with Crippen molar-refractivity contribution in [2.75, 3.05) is 26.4 Å². The van der Waals surface area contributed by atoms with Crippen molar-refractivity contribution >= 4 is 10.0 Å². The third-order valence-corrected chi connectivity index (χ3v) is 2.89. The monoisotopic (exact) mass is 192 g/mol. The molecule has 4 nitrogen and oxygen atoms in total. The Morgan fingerprint density at radius 1 is 1.33 bits per heavy atom. The maximum absolute atomic E-state index is 10.8. The van der Waals surface area contributed by atoms with Crippen molar-refractivity contribution in [3.05, 3.63) is 0 Å². The zero-order chi connectivity index (χ0) is 9.24. The maximum Gasteiger partial charge on any atom is 0.208 e. The first-order chi connectivity index (χ1) is 5.47. The van der Waals surface area contributed by atoms with Crippen molar-refractivity contribution in [3.8, 4) is 0 Å². The summed E-state index contributed by atoms with van der Waals surface area (Å²) in [5.41, 5.74) is 0.206. The smallest absolute Gasteiger partial charge is 0.208 e. The van der Waals surface area contributed by atoms with Crippen LogP contribution in [0.2, 0.25) is 0 Å². The van der Waals surface area contributed by atoms with Gasteiger partial charge in [-0.05, 0) is 25.3 Å². The molecule has 0 atom stereocenters. The lowest BCUT2D eigenvalue weighted by atomic mass is 10.1. The first kappa shape index (κ1) is 9.95. The molecule has 72 valence electrons. The van der Waals surface area contributed by atoms with E-state index in [2.05, 4.69) is 10.0 Å². The van der Waals surface area contributed by atoms with E-state index in [-0.39, 0.29) is 5.41 Å². The van der Waals surface area contributed by atoms with Gasteiger partial charge in [0.2, 0.25) is 10.0 Å².